The van der Waals surface area contributed by atoms with Crippen molar-refractivity contribution < 1.29 is 22.3 Å². The van der Waals surface area contributed by atoms with Crippen LogP contribution in [-0.2, 0) is 16.6 Å². The summed E-state index contributed by atoms with van der Waals surface area (Å²) in [5, 5.41) is 5.18. The lowest BCUT2D eigenvalue weighted by molar-refractivity contribution is 0.391. The van der Waals surface area contributed by atoms with Crippen LogP contribution in [0.3, 0.4) is 0 Å². The summed E-state index contributed by atoms with van der Waals surface area (Å²) in [6.07, 6.45) is 4.31. The maximum absolute atomic E-state index is 15.3. The normalized spacial score (nSPS) is 17.9. The van der Waals surface area contributed by atoms with Crippen LogP contribution in [0.15, 0.2) is 46.8 Å². The first-order chi connectivity index (χ1) is 16.7. The van der Waals surface area contributed by atoms with E-state index in [4.69, 9.17) is 15.2 Å². The van der Waals surface area contributed by atoms with Crippen LogP contribution in [0.4, 0.5) is 15.2 Å². The minimum Gasteiger partial charge on any atom is -0.497 e. The summed E-state index contributed by atoms with van der Waals surface area (Å²) in [5.41, 5.74) is 7.88. The van der Waals surface area contributed by atoms with Crippen LogP contribution in [0.25, 0.3) is 0 Å². The molecule has 0 spiro atoms. The minimum atomic E-state index is -4.30. The van der Waals surface area contributed by atoms with Crippen LogP contribution in [0.5, 0.6) is 11.5 Å². The van der Waals surface area contributed by atoms with Gasteiger partial charge in [0.2, 0.25) is 0 Å². The molecule has 0 saturated heterocycles. The number of thiazole rings is 1. The molecule has 35 heavy (non-hydrogen) atoms. The number of methoxy groups -OCH3 is 2. The highest BCUT2D eigenvalue weighted by molar-refractivity contribution is 7.93. The molecule has 3 aromatic rings. The molecule has 0 bridgehead atoms. The van der Waals surface area contributed by atoms with Gasteiger partial charge in [0, 0.05) is 41.0 Å². The van der Waals surface area contributed by atoms with Crippen LogP contribution in [0.2, 0.25) is 0 Å². The molecular formula is C24H29FN4O4S2. The number of ether oxygens (including phenoxy) is 2. The van der Waals surface area contributed by atoms with Crippen molar-refractivity contribution in [2.75, 3.05) is 23.8 Å². The molecule has 1 fully saturated rings. The molecule has 0 radical (unpaired) electrons. The Labute approximate surface area is 208 Å². The fourth-order valence-electron chi connectivity index (χ4n) is 4.23. The third-order valence-corrected chi connectivity index (χ3v) is 8.86. The molecule has 188 valence electrons. The van der Waals surface area contributed by atoms with E-state index in [1.54, 1.807) is 30.5 Å². The van der Waals surface area contributed by atoms with E-state index >= 15 is 4.39 Å². The zero-order valence-corrected chi connectivity index (χ0v) is 21.5. The Morgan fingerprint density at radius 2 is 2.03 bits per heavy atom. The average Bonchev–Trinajstić information content (AvgIpc) is 3.51. The van der Waals surface area contributed by atoms with Crippen LogP contribution in [0.1, 0.15) is 30.4 Å². The van der Waals surface area contributed by atoms with Crippen LogP contribution >= 0.6 is 11.3 Å². The van der Waals surface area contributed by atoms with E-state index in [1.165, 1.54) is 32.5 Å². The van der Waals surface area contributed by atoms with Gasteiger partial charge in [-0.05, 0) is 56.0 Å². The summed E-state index contributed by atoms with van der Waals surface area (Å²) in [4.78, 5) is 3.77. The Kier molecular flexibility index (Phi) is 7.48. The fraction of sp³-hybridized carbons (Fsp3) is 0.375. The van der Waals surface area contributed by atoms with Gasteiger partial charge in [-0.3, -0.25) is 0 Å². The molecule has 1 heterocycles. The number of rotatable bonds is 9. The Bertz CT molecular complexity index is 1280. The standard InChI is InChI=1S/C24H29FN4O4S2/c1-15-11-23(18(25)13-21(15)28-20-6-4-5-19(20)26)35(30,31)29(24-27-9-10-34-24)14-16-7-8-17(32-2)12-22(16)33-3/h7-13,19-20,28H,4-6,14,26H2,1-3H3/t19-,20-/m0/s1. The summed E-state index contributed by atoms with van der Waals surface area (Å²) < 4.78 is 54.7. The van der Waals surface area contributed by atoms with E-state index in [1.807, 2.05) is 0 Å². The van der Waals surface area contributed by atoms with E-state index in [2.05, 4.69) is 10.3 Å². The first-order valence-corrected chi connectivity index (χ1v) is 13.5. The van der Waals surface area contributed by atoms with Gasteiger partial charge >= 0.3 is 0 Å². The van der Waals surface area contributed by atoms with Crippen molar-refractivity contribution in [2.45, 2.75) is 49.7 Å². The average molecular weight is 521 g/mol. The van der Waals surface area contributed by atoms with E-state index in [0.717, 1.165) is 34.9 Å². The van der Waals surface area contributed by atoms with Crippen molar-refractivity contribution in [1.82, 2.24) is 4.98 Å². The molecule has 1 aliphatic carbocycles. The van der Waals surface area contributed by atoms with Gasteiger partial charge < -0.3 is 20.5 Å². The van der Waals surface area contributed by atoms with E-state index < -0.39 is 20.7 Å². The molecule has 0 aliphatic heterocycles. The molecule has 3 N–H and O–H groups in total. The number of halogens is 1. The maximum atomic E-state index is 15.3. The lowest BCUT2D eigenvalue weighted by atomic mass is 10.1. The predicted molar refractivity (Wildman–Crippen MR) is 135 cm³/mol. The van der Waals surface area contributed by atoms with Crippen molar-refractivity contribution in [2.24, 2.45) is 5.73 Å². The topological polar surface area (TPSA) is 107 Å². The van der Waals surface area contributed by atoms with Crippen LogP contribution in [0, 0.1) is 12.7 Å². The number of hydrogen-bond donors (Lipinski definition) is 2. The SMILES string of the molecule is COc1ccc(CN(c2nccs2)S(=O)(=O)c2cc(C)c(N[C@H]3CCC[C@@H]3N)cc2F)c(OC)c1. The maximum Gasteiger partial charge on any atom is 0.269 e. The number of nitrogens with zero attached hydrogens (tertiary/aromatic N) is 2. The monoisotopic (exact) mass is 520 g/mol. The number of nitrogens with two attached hydrogens (primary N) is 1. The number of nitrogens with one attached hydrogen (secondary N) is 1. The molecule has 1 aliphatic rings. The van der Waals surface area contributed by atoms with Gasteiger partial charge in [0.1, 0.15) is 22.2 Å². The number of hydrogen-bond acceptors (Lipinski definition) is 8. The van der Waals surface area contributed by atoms with Crippen molar-refractivity contribution >= 4 is 32.2 Å². The van der Waals surface area contributed by atoms with Gasteiger partial charge in [-0.15, -0.1) is 11.3 Å². The van der Waals surface area contributed by atoms with E-state index in [0.29, 0.717) is 28.3 Å². The Balaban J connectivity index is 1.71. The molecule has 4 rings (SSSR count). The second kappa shape index (κ2) is 10.4. The third-order valence-electron chi connectivity index (χ3n) is 6.20. The third kappa shape index (κ3) is 5.21. The van der Waals surface area contributed by atoms with Crippen LogP contribution in [-0.4, -0.2) is 39.7 Å². The second-order valence-electron chi connectivity index (χ2n) is 8.45. The number of aromatic nitrogens is 1. The minimum absolute atomic E-state index is 0.0132. The zero-order valence-electron chi connectivity index (χ0n) is 19.8. The first kappa shape index (κ1) is 25.2. The van der Waals surface area contributed by atoms with E-state index in [-0.39, 0.29) is 23.8 Å². The van der Waals surface area contributed by atoms with Crippen molar-refractivity contribution in [3.05, 3.63) is 58.9 Å². The Morgan fingerprint density at radius 1 is 1.23 bits per heavy atom. The van der Waals surface area contributed by atoms with Crippen molar-refractivity contribution in [3.8, 4) is 11.5 Å². The van der Waals surface area contributed by atoms with Crippen molar-refractivity contribution in [3.63, 3.8) is 0 Å². The smallest absolute Gasteiger partial charge is 0.269 e. The number of sulfonamides is 1. The molecule has 8 nitrogen and oxygen atoms in total. The van der Waals surface area contributed by atoms with Gasteiger partial charge in [-0.2, -0.15) is 0 Å². The van der Waals surface area contributed by atoms with Gasteiger partial charge in [0.05, 0.1) is 20.8 Å². The predicted octanol–water partition coefficient (Wildman–Crippen LogP) is 4.30. The molecule has 0 unspecified atom stereocenters. The Hall–Kier alpha value is -2.89. The van der Waals surface area contributed by atoms with Crippen LogP contribution < -0.4 is 24.8 Å². The van der Waals surface area contributed by atoms with Crippen molar-refractivity contribution in [1.29, 1.82) is 0 Å². The van der Waals surface area contributed by atoms with Gasteiger partial charge in [0.15, 0.2) is 5.13 Å². The molecule has 1 aromatic heterocycles. The molecule has 2 aromatic carbocycles. The summed E-state index contributed by atoms with van der Waals surface area (Å²) in [6, 6.07) is 7.71. The largest absolute Gasteiger partial charge is 0.497 e. The molecule has 2 atom stereocenters. The van der Waals surface area contributed by atoms with Gasteiger partial charge in [-0.1, -0.05) is 0 Å². The van der Waals surface area contributed by atoms with E-state index in [9.17, 15) is 8.42 Å². The number of anilines is 2. The number of benzene rings is 2. The highest BCUT2D eigenvalue weighted by Crippen LogP contribution is 2.34. The zero-order chi connectivity index (χ0) is 25.2. The quantitative estimate of drug-likeness (QED) is 0.433. The summed E-state index contributed by atoms with van der Waals surface area (Å²) in [7, 11) is -1.28. The summed E-state index contributed by atoms with van der Waals surface area (Å²) in [6.45, 7) is 1.65. The van der Waals surface area contributed by atoms with Gasteiger partial charge in [-0.25, -0.2) is 22.1 Å². The molecule has 1 saturated carbocycles. The lowest BCUT2D eigenvalue weighted by Crippen LogP contribution is -2.35. The lowest BCUT2D eigenvalue weighted by Gasteiger charge is -2.25. The fourth-order valence-corrected chi connectivity index (χ4v) is 6.63. The molecule has 0 amide bonds. The summed E-state index contributed by atoms with van der Waals surface area (Å²) in [5.74, 6) is 0.180. The first-order valence-electron chi connectivity index (χ1n) is 11.2. The Morgan fingerprint density at radius 3 is 2.66 bits per heavy atom. The second-order valence-corrected chi connectivity index (χ2v) is 11.2. The van der Waals surface area contributed by atoms with Gasteiger partial charge in [0.25, 0.3) is 10.0 Å². The highest BCUT2D eigenvalue weighted by atomic mass is 32.2. The highest BCUT2D eigenvalue weighted by Gasteiger charge is 2.32. The molecule has 11 heteroatoms. The summed E-state index contributed by atoms with van der Waals surface area (Å²) >= 11 is 1.15. The molecular weight excluding hydrogens is 491 g/mol. The number of aryl methyl sites for hydroxylation is 1.